The molecule has 0 heterocycles. The molecule has 0 unspecified atom stereocenters. The molecule has 1 amide bonds. The first-order chi connectivity index (χ1) is 16.5. The van der Waals surface area contributed by atoms with E-state index in [1.807, 2.05) is 19.0 Å². The van der Waals surface area contributed by atoms with Crippen LogP contribution in [-0.4, -0.2) is 73.7 Å². The molecule has 0 aliphatic heterocycles. The van der Waals surface area contributed by atoms with Gasteiger partial charge in [0, 0.05) is 26.1 Å². The average Bonchev–Trinajstić information content (AvgIpc) is 2.80. The van der Waals surface area contributed by atoms with Gasteiger partial charge in [-0.3, -0.25) is 9.59 Å². The Kier molecular flexibility index (Phi) is 23.7. The molecule has 0 saturated heterocycles. The summed E-state index contributed by atoms with van der Waals surface area (Å²) in [6.45, 7) is 4.10. The van der Waals surface area contributed by atoms with E-state index in [4.69, 9.17) is 9.84 Å². The van der Waals surface area contributed by atoms with E-state index in [1.165, 1.54) is 70.6 Å². The third-order valence-electron chi connectivity index (χ3n) is 5.87. The fourth-order valence-corrected chi connectivity index (χ4v) is 3.85. The summed E-state index contributed by atoms with van der Waals surface area (Å²) in [5, 5.41) is 9.03. The number of rotatable bonds is 24. The highest BCUT2D eigenvalue weighted by molar-refractivity contribution is 5.78. The SMILES string of the molecule is CCCCCCCC/C=C\CCCCCCCC(=O)OCCCN(CCCO)C(=O)CN(C)C. The molecule has 0 bridgehead atoms. The molecule has 0 atom stereocenters. The van der Waals surface area contributed by atoms with Gasteiger partial charge in [0.25, 0.3) is 0 Å². The molecule has 0 aromatic rings. The van der Waals surface area contributed by atoms with Crippen molar-refractivity contribution in [2.75, 3.05) is 46.9 Å². The molecule has 0 aromatic carbocycles. The van der Waals surface area contributed by atoms with E-state index < -0.39 is 0 Å². The molecule has 0 radical (unpaired) electrons. The van der Waals surface area contributed by atoms with Crippen molar-refractivity contribution in [2.24, 2.45) is 0 Å². The molecular weight excluding hydrogens is 428 g/mol. The van der Waals surface area contributed by atoms with E-state index in [9.17, 15) is 9.59 Å². The number of ether oxygens (including phenoxy) is 1. The predicted octanol–water partition coefficient (Wildman–Crippen LogP) is 5.73. The third kappa shape index (κ3) is 22.4. The zero-order valence-electron chi connectivity index (χ0n) is 22.6. The number of carbonyl (C=O) groups is 2. The fraction of sp³-hybridized carbons (Fsp3) is 0.857. The Balaban J connectivity index is 3.61. The minimum absolute atomic E-state index is 0.0399. The van der Waals surface area contributed by atoms with Gasteiger partial charge in [0.1, 0.15) is 0 Å². The maximum absolute atomic E-state index is 12.2. The van der Waals surface area contributed by atoms with Crippen molar-refractivity contribution in [1.29, 1.82) is 0 Å². The minimum atomic E-state index is -0.140. The Morgan fingerprint density at radius 1 is 0.765 bits per heavy atom. The van der Waals surface area contributed by atoms with E-state index in [1.54, 1.807) is 4.90 Å². The Labute approximate surface area is 210 Å². The van der Waals surface area contributed by atoms with Crippen LogP contribution in [-0.2, 0) is 14.3 Å². The Morgan fingerprint density at radius 3 is 1.91 bits per heavy atom. The smallest absolute Gasteiger partial charge is 0.305 e. The maximum atomic E-state index is 12.2. The van der Waals surface area contributed by atoms with Gasteiger partial charge >= 0.3 is 5.97 Å². The van der Waals surface area contributed by atoms with Crippen molar-refractivity contribution in [3.8, 4) is 0 Å². The first-order valence-corrected chi connectivity index (χ1v) is 13.8. The summed E-state index contributed by atoms with van der Waals surface area (Å²) in [4.78, 5) is 27.7. The van der Waals surface area contributed by atoms with Crippen molar-refractivity contribution in [2.45, 2.75) is 110 Å². The first-order valence-electron chi connectivity index (χ1n) is 13.8. The predicted molar refractivity (Wildman–Crippen MR) is 142 cm³/mol. The fourth-order valence-electron chi connectivity index (χ4n) is 3.85. The van der Waals surface area contributed by atoms with Crippen LogP contribution in [0.25, 0.3) is 0 Å². The van der Waals surface area contributed by atoms with Gasteiger partial charge < -0.3 is 19.6 Å². The number of esters is 1. The van der Waals surface area contributed by atoms with Crippen LogP contribution in [0.2, 0.25) is 0 Å². The van der Waals surface area contributed by atoms with Crippen molar-refractivity contribution >= 4 is 11.9 Å². The lowest BCUT2D eigenvalue weighted by Gasteiger charge is -2.24. The van der Waals surface area contributed by atoms with E-state index in [0.717, 1.165) is 12.8 Å². The van der Waals surface area contributed by atoms with Crippen LogP contribution in [0.5, 0.6) is 0 Å². The molecule has 0 aliphatic rings. The van der Waals surface area contributed by atoms with E-state index >= 15 is 0 Å². The van der Waals surface area contributed by atoms with E-state index in [0.29, 0.717) is 45.5 Å². The lowest BCUT2D eigenvalue weighted by Crippen LogP contribution is -2.39. The quantitative estimate of drug-likeness (QED) is 0.108. The summed E-state index contributed by atoms with van der Waals surface area (Å²) in [7, 11) is 3.72. The second-order valence-corrected chi connectivity index (χ2v) is 9.60. The highest BCUT2D eigenvalue weighted by atomic mass is 16.5. The van der Waals surface area contributed by atoms with Crippen LogP contribution < -0.4 is 0 Å². The Morgan fingerprint density at radius 2 is 1.32 bits per heavy atom. The molecule has 200 valence electrons. The topological polar surface area (TPSA) is 70.1 Å². The van der Waals surface area contributed by atoms with Crippen LogP contribution in [0.4, 0.5) is 0 Å². The minimum Gasteiger partial charge on any atom is -0.466 e. The van der Waals surface area contributed by atoms with Gasteiger partial charge in [-0.25, -0.2) is 0 Å². The van der Waals surface area contributed by atoms with Crippen molar-refractivity contribution < 1.29 is 19.4 Å². The summed E-state index contributed by atoms with van der Waals surface area (Å²) in [5.74, 6) is -0.0998. The lowest BCUT2D eigenvalue weighted by molar-refractivity contribution is -0.144. The number of carbonyl (C=O) groups excluding carboxylic acids is 2. The molecule has 0 aromatic heterocycles. The van der Waals surface area contributed by atoms with Crippen molar-refractivity contribution in [3.63, 3.8) is 0 Å². The number of amides is 1. The molecule has 0 aliphatic carbocycles. The van der Waals surface area contributed by atoms with Crippen molar-refractivity contribution in [1.82, 2.24) is 9.80 Å². The van der Waals surface area contributed by atoms with E-state index in [-0.39, 0.29) is 18.5 Å². The molecule has 6 heteroatoms. The second kappa shape index (κ2) is 24.7. The summed E-state index contributed by atoms with van der Waals surface area (Å²) in [5.41, 5.74) is 0. The summed E-state index contributed by atoms with van der Waals surface area (Å²) in [6, 6.07) is 0. The lowest BCUT2D eigenvalue weighted by atomic mass is 10.1. The average molecular weight is 483 g/mol. The Hall–Kier alpha value is -1.40. The van der Waals surface area contributed by atoms with Crippen LogP contribution in [0.15, 0.2) is 12.2 Å². The van der Waals surface area contributed by atoms with Crippen LogP contribution in [0.3, 0.4) is 0 Å². The zero-order valence-corrected chi connectivity index (χ0v) is 22.6. The highest BCUT2D eigenvalue weighted by Gasteiger charge is 2.14. The number of hydrogen-bond donors (Lipinski definition) is 1. The number of aliphatic hydroxyl groups excluding tert-OH is 1. The number of unbranched alkanes of at least 4 members (excludes halogenated alkanes) is 11. The molecule has 0 spiro atoms. The van der Waals surface area contributed by atoms with Gasteiger partial charge in [-0.2, -0.15) is 0 Å². The number of likely N-dealkylation sites (N-methyl/N-ethyl adjacent to an activating group) is 1. The number of allylic oxidation sites excluding steroid dienone is 2. The molecule has 0 saturated carbocycles. The highest BCUT2D eigenvalue weighted by Crippen LogP contribution is 2.10. The number of aliphatic hydroxyl groups is 1. The van der Waals surface area contributed by atoms with Gasteiger partial charge in [0.15, 0.2) is 0 Å². The van der Waals surface area contributed by atoms with Gasteiger partial charge in [0.2, 0.25) is 5.91 Å². The van der Waals surface area contributed by atoms with Gasteiger partial charge in [0.05, 0.1) is 13.2 Å². The van der Waals surface area contributed by atoms with E-state index in [2.05, 4.69) is 19.1 Å². The summed E-state index contributed by atoms with van der Waals surface area (Å²) >= 11 is 0. The molecule has 1 N–H and O–H groups in total. The second-order valence-electron chi connectivity index (χ2n) is 9.60. The molecule has 0 fully saturated rings. The normalized spacial score (nSPS) is 11.4. The summed E-state index contributed by atoms with van der Waals surface area (Å²) in [6.07, 6.45) is 22.5. The third-order valence-corrected chi connectivity index (χ3v) is 5.87. The standard InChI is InChI=1S/C28H54N2O4/c1-4-5-6-7-8-9-10-11-12-13-14-15-16-17-18-21-28(33)34-25-20-23-30(22-19-24-31)27(32)26-29(2)3/h11-12,31H,4-10,13-26H2,1-3H3/b12-11-. The molecular formula is C28H54N2O4. The van der Waals surface area contributed by atoms with Crippen molar-refractivity contribution in [3.05, 3.63) is 12.2 Å². The van der Waals surface area contributed by atoms with Crippen LogP contribution in [0.1, 0.15) is 110 Å². The molecule has 6 nitrogen and oxygen atoms in total. The molecule has 34 heavy (non-hydrogen) atoms. The Bertz CT molecular complexity index is 509. The monoisotopic (exact) mass is 482 g/mol. The maximum Gasteiger partial charge on any atom is 0.305 e. The van der Waals surface area contributed by atoms with Crippen LogP contribution in [0, 0.1) is 0 Å². The number of hydrogen-bond acceptors (Lipinski definition) is 5. The largest absolute Gasteiger partial charge is 0.466 e. The zero-order chi connectivity index (χ0) is 25.3. The van der Waals surface area contributed by atoms with Gasteiger partial charge in [-0.15, -0.1) is 0 Å². The van der Waals surface area contributed by atoms with Gasteiger partial charge in [-0.1, -0.05) is 70.4 Å². The molecule has 0 rings (SSSR count). The number of nitrogens with zero attached hydrogens (tertiary/aromatic N) is 2. The first kappa shape index (κ1) is 32.6. The summed E-state index contributed by atoms with van der Waals surface area (Å²) < 4.78 is 5.33. The van der Waals surface area contributed by atoms with Gasteiger partial charge in [-0.05, 0) is 59.0 Å². The van der Waals surface area contributed by atoms with Crippen LogP contribution >= 0.6 is 0 Å².